The average molecular weight is 379 g/mol. The van der Waals surface area contributed by atoms with Gasteiger partial charge in [-0.25, -0.2) is 8.78 Å². The molecule has 10 heteroatoms. The average Bonchev–Trinajstić information content (AvgIpc) is 2.94. The first-order chi connectivity index (χ1) is 12.6. The Balaban J connectivity index is 2.03. The van der Waals surface area contributed by atoms with E-state index in [0.29, 0.717) is 5.69 Å². The van der Waals surface area contributed by atoms with Gasteiger partial charge >= 0.3 is 0 Å². The highest BCUT2D eigenvalue weighted by atomic mass is 19.3. The van der Waals surface area contributed by atoms with Crippen molar-refractivity contribution in [2.45, 2.75) is 44.8 Å². The van der Waals surface area contributed by atoms with E-state index >= 15 is 0 Å². The molecule has 0 saturated carbocycles. The van der Waals surface area contributed by atoms with Gasteiger partial charge in [-0.2, -0.15) is 5.26 Å². The molecular formula is C17H19F2N5O3. The molecule has 0 bridgehead atoms. The lowest BCUT2D eigenvalue weighted by atomic mass is 10.2. The second-order valence-electron chi connectivity index (χ2n) is 6.31. The van der Waals surface area contributed by atoms with E-state index in [0.717, 1.165) is 4.90 Å². The van der Waals surface area contributed by atoms with E-state index in [-0.39, 0.29) is 18.0 Å². The summed E-state index contributed by atoms with van der Waals surface area (Å²) in [6, 6.07) is 2.25. The smallest absolute Gasteiger partial charge is 0.268 e. The van der Waals surface area contributed by atoms with Crippen LogP contribution in [0, 0.1) is 11.3 Å². The molecule has 0 aliphatic carbocycles. The Morgan fingerprint density at radius 1 is 1.48 bits per heavy atom. The zero-order valence-corrected chi connectivity index (χ0v) is 14.8. The Labute approximate surface area is 154 Å². The normalized spacial score (nSPS) is 19.1. The molecule has 1 aliphatic rings. The summed E-state index contributed by atoms with van der Waals surface area (Å²) in [4.78, 5) is 40.5. The second kappa shape index (κ2) is 8.07. The van der Waals surface area contributed by atoms with Crippen molar-refractivity contribution >= 4 is 17.7 Å². The van der Waals surface area contributed by atoms with Crippen LogP contribution in [0.5, 0.6) is 0 Å². The lowest BCUT2D eigenvalue weighted by Crippen LogP contribution is -2.48. The fourth-order valence-electron chi connectivity index (χ4n) is 2.69. The summed E-state index contributed by atoms with van der Waals surface area (Å²) in [5, 5.41) is 14.0. The third-order valence-corrected chi connectivity index (χ3v) is 4.02. The van der Waals surface area contributed by atoms with Crippen molar-refractivity contribution in [3.63, 3.8) is 0 Å². The first-order valence-electron chi connectivity index (χ1n) is 8.21. The van der Waals surface area contributed by atoms with Crippen molar-refractivity contribution < 1.29 is 23.2 Å². The van der Waals surface area contributed by atoms with Gasteiger partial charge in [-0.3, -0.25) is 19.4 Å². The summed E-state index contributed by atoms with van der Waals surface area (Å²) in [7, 11) is 0. The molecule has 0 unspecified atom stereocenters. The van der Waals surface area contributed by atoms with Crippen LogP contribution in [0.4, 0.5) is 8.78 Å². The molecule has 1 aromatic rings. The fourth-order valence-corrected chi connectivity index (χ4v) is 2.69. The van der Waals surface area contributed by atoms with Gasteiger partial charge in [0, 0.05) is 25.1 Å². The number of nitrogens with one attached hydrogen (secondary N) is 2. The van der Waals surface area contributed by atoms with Crippen LogP contribution in [0.2, 0.25) is 0 Å². The minimum atomic E-state index is -3.12. The minimum Gasteiger partial charge on any atom is -0.351 e. The first-order valence-corrected chi connectivity index (χ1v) is 8.21. The third-order valence-electron chi connectivity index (χ3n) is 4.02. The number of hydrogen-bond donors (Lipinski definition) is 2. The SMILES string of the molecule is CC(=O)NCc1cc(C(=O)N[C@H](C)C(=O)N2CC(F)(F)C[C@H]2C#N)ccn1. The van der Waals surface area contributed by atoms with Gasteiger partial charge in [-0.1, -0.05) is 0 Å². The number of nitrogens with zero attached hydrogens (tertiary/aromatic N) is 3. The maximum absolute atomic E-state index is 13.5. The molecule has 8 nitrogen and oxygen atoms in total. The maximum atomic E-state index is 13.5. The highest BCUT2D eigenvalue weighted by Crippen LogP contribution is 2.32. The Morgan fingerprint density at radius 3 is 2.81 bits per heavy atom. The molecule has 2 N–H and O–H groups in total. The van der Waals surface area contributed by atoms with E-state index in [4.69, 9.17) is 5.26 Å². The van der Waals surface area contributed by atoms with Crippen molar-refractivity contribution in [3.05, 3.63) is 29.6 Å². The van der Waals surface area contributed by atoms with Crippen molar-refractivity contribution in [3.8, 4) is 6.07 Å². The van der Waals surface area contributed by atoms with E-state index in [1.807, 2.05) is 0 Å². The molecular weight excluding hydrogens is 360 g/mol. The molecule has 0 radical (unpaired) electrons. The Morgan fingerprint density at radius 2 is 2.19 bits per heavy atom. The lowest BCUT2D eigenvalue weighted by molar-refractivity contribution is -0.134. The molecule has 2 heterocycles. The summed E-state index contributed by atoms with van der Waals surface area (Å²) in [6.45, 7) is 2.00. The molecule has 1 fully saturated rings. The summed E-state index contributed by atoms with van der Waals surface area (Å²) in [5.41, 5.74) is 0.647. The number of amides is 3. The Kier molecular flexibility index (Phi) is 6.05. The number of rotatable bonds is 5. The highest BCUT2D eigenvalue weighted by Gasteiger charge is 2.48. The van der Waals surface area contributed by atoms with Crippen LogP contribution >= 0.6 is 0 Å². The van der Waals surface area contributed by atoms with Gasteiger partial charge in [-0.05, 0) is 19.1 Å². The molecule has 1 aromatic heterocycles. The van der Waals surface area contributed by atoms with Gasteiger partial charge in [0.25, 0.3) is 11.8 Å². The van der Waals surface area contributed by atoms with Crippen molar-refractivity contribution in [1.29, 1.82) is 5.26 Å². The van der Waals surface area contributed by atoms with E-state index in [9.17, 15) is 23.2 Å². The zero-order valence-electron chi connectivity index (χ0n) is 14.8. The van der Waals surface area contributed by atoms with Gasteiger partial charge in [0.15, 0.2) is 0 Å². The number of carbonyl (C=O) groups is 3. The topological polar surface area (TPSA) is 115 Å². The number of alkyl halides is 2. The van der Waals surface area contributed by atoms with Gasteiger partial charge in [0.1, 0.15) is 12.1 Å². The van der Waals surface area contributed by atoms with Crippen molar-refractivity contribution in [1.82, 2.24) is 20.5 Å². The number of aromatic nitrogens is 1. The van der Waals surface area contributed by atoms with Crippen molar-refractivity contribution in [2.75, 3.05) is 6.54 Å². The number of halogens is 2. The molecule has 0 aromatic carbocycles. The molecule has 27 heavy (non-hydrogen) atoms. The van der Waals surface area contributed by atoms with Crippen LogP contribution in [0.25, 0.3) is 0 Å². The predicted molar refractivity (Wildman–Crippen MR) is 89.4 cm³/mol. The maximum Gasteiger partial charge on any atom is 0.268 e. The minimum absolute atomic E-state index is 0.137. The van der Waals surface area contributed by atoms with Crippen LogP contribution in [0.1, 0.15) is 36.3 Å². The predicted octanol–water partition coefficient (Wildman–Crippen LogP) is 0.596. The van der Waals surface area contributed by atoms with E-state index in [1.165, 1.54) is 32.2 Å². The Hall–Kier alpha value is -3.09. The van der Waals surface area contributed by atoms with Gasteiger partial charge in [-0.15, -0.1) is 0 Å². The molecule has 3 amide bonds. The standard InChI is InChI=1S/C17H19F2N5O3/c1-10(16(27)24-9-17(18,19)6-14(24)7-20)23-15(26)12-3-4-21-13(5-12)8-22-11(2)25/h3-5,10,14H,6,8-9H2,1-2H3,(H,22,25)(H,23,26)/t10-,14+/m1/s1. The summed E-state index contributed by atoms with van der Waals surface area (Å²) in [6.07, 6.45) is 0.665. The zero-order chi connectivity index (χ0) is 20.2. The van der Waals surface area contributed by atoms with Crippen LogP contribution in [0.15, 0.2) is 18.3 Å². The van der Waals surface area contributed by atoms with E-state index in [2.05, 4.69) is 15.6 Å². The molecule has 1 saturated heterocycles. The second-order valence-corrected chi connectivity index (χ2v) is 6.31. The van der Waals surface area contributed by atoms with Gasteiger partial charge < -0.3 is 15.5 Å². The van der Waals surface area contributed by atoms with E-state index in [1.54, 1.807) is 6.07 Å². The number of hydrogen-bond acceptors (Lipinski definition) is 5. The lowest BCUT2D eigenvalue weighted by Gasteiger charge is -2.23. The van der Waals surface area contributed by atoms with Gasteiger partial charge in [0.05, 0.1) is 24.9 Å². The molecule has 2 rings (SSSR count). The molecule has 2 atom stereocenters. The van der Waals surface area contributed by atoms with Crippen LogP contribution in [-0.4, -0.2) is 52.2 Å². The van der Waals surface area contributed by atoms with Crippen LogP contribution in [-0.2, 0) is 16.1 Å². The van der Waals surface area contributed by atoms with Crippen LogP contribution < -0.4 is 10.6 Å². The monoisotopic (exact) mass is 379 g/mol. The van der Waals surface area contributed by atoms with Crippen LogP contribution in [0.3, 0.4) is 0 Å². The van der Waals surface area contributed by atoms with Gasteiger partial charge in [0.2, 0.25) is 11.8 Å². The first kappa shape index (κ1) is 20.2. The van der Waals surface area contributed by atoms with E-state index < -0.39 is 42.8 Å². The highest BCUT2D eigenvalue weighted by molar-refractivity contribution is 5.97. The fraction of sp³-hybridized carbons (Fsp3) is 0.471. The molecule has 0 spiro atoms. The summed E-state index contributed by atoms with van der Waals surface area (Å²) < 4.78 is 27.0. The Bertz CT molecular complexity index is 793. The number of nitriles is 1. The summed E-state index contributed by atoms with van der Waals surface area (Å²) in [5.74, 6) is -4.72. The number of carbonyl (C=O) groups excluding carboxylic acids is 3. The number of pyridine rings is 1. The third kappa shape index (κ3) is 5.20. The largest absolute Gasteiger partial charge is 0.351 e. The summed E-state index contributed by atoms with van der Waals surface area (Å²) >= 11 is 0. The molecule has 1 aliphatic heterocycles. The quantitative estimate of drug-likeness (QED) is 0.777. The number of likely N-dealkylation sites (tertiary alicyclic amines) is 1. The van der Waals surface area contributed by atoms with Crippen molar-refractivity contribution in [2.24, 2.45) is 0 Å². The molecule has 144 valence electrons.